The summed E-state index contributed by atoms with van der Waals surface area (Å²) in [7, 11) is 0. The smallest absolute Gasteiger partial charge is 0.104 e. The number of aryl methyl sites for hydroxylation is 1. The van der Waals surface area contributed by atoms with Gasteiger partial charge in [-0.1, -0.05) is 29.9 Å². The van der Waals surface area contributed by atoms with Crippen molar-refractivity contribution in [3.8, 4) is 0 Å². The highest BCUT2D eigenvalue weighted by Gasteiger charge is 2.06. The largest absolute Gasteiger partial charge is 0.389 e. The Hall–Kier alpha value is -1.10. The molecule has 0 unspecified atom stereocenters. The average molecular weight is 356 g/mol. The van der Waals surface area contributed by atoms with Crippen LogP contribution in [0, 0.1) is 6.92 Å². The van der Waals surface area contributed by atoms with Gasteiger partial charge in [0.2, 0.25) is 0 Å². The van der Waals surface area contributed by atoms with Gasteiger partial charge in [-0.25, -0.2) is 0 Å². The highest BCUT2D eigenvalue weighted by atomic mass is 79.9. The van der Waals surface area contributed by atoms with Crippen molar-refractivity contribution in [3.05, 3.63) is 57.0 Å². The molecule has 0 aliphatic carbocycles. The molecule has 0 bridgehead atoms. The Morgan fingerprint density at radius 2 is 2.05 bits per heavy atom. The van der Waals surface area contributed by atoms with Crippen LogP contribution in [0.5, 0.6) is 0 Å². The van der Waals surface area contributed by atoms with E-state index < -0.39 is 0 Å². The predicted octanol–water partition coefficient (Wildman–Crippen LogP) is 4.79. The molecular weight excluding hydrogens is 344 g/mol. The first-order valence-electron chi connectivity index (χ1n) is 5.60. The summed E-state index contributed by atoms with van der Waals surface area (Å²) in [6.07, 6.45) is 0. The SMILES string of the molecule is Cc1cc(Nc2cccc(Cl)c2Br)ccc1C(N)=S. The van der Waals surface area contributed by atoms with E-state index in [0.717, 1.165) is 27.0 Å². The van der Waals surface area contributed by atoms with E-state index in [2.05, 4.69) is 21.2 Å². The van der Waals surface area contributed by atoms with Crippen molar-refractivity contribution in [3.63, 3.8) is 0 Å². The fraction of sp³-hybridized carbons (Fsp3) is 0.0714. The zero-order valence-corrected chi connectivity index (χ0v) is 13.4. The molecule has 0 saturated heterocycles. The van der Waals surface area contributed by atoms with E-state index in [9.17, 15) is 0 Å². The van der Waals surface area contributed by atoms with Crippen LogP contribution in [0.15, 0.2) is 40.9 Å². The molecule has 0 atom stereocenters. The summed E-state index contributed by atoms with van der Waals surface area (Å²) in [5, 5.41) is 3.97. The number of nitrogens with one attached hydrogen (secondary N) is 1. The second-order valence-electron chi connectivity index (χ2n) is 4.12. The molecule has 3 N–H and O–H groups in total. The summed E-state index contributed by atoms with van der Waals surface area (Å²) >= 11 is 14.5. The van der Waals surface area contributed by atoms with Crippen molar-refractivity contribution < 1.29 is 0 Å². The molecule has 0 radical (unpaired) electrons. The normalized spacial score (nSPS) is 10.3. The van der Waals surface area contributed by atoms with E-state index in [1.54, 1.807) is 0 Å². The Morgan fingerprint density at radius 3 is 2.68 bits per heavy atom. The van der Waals surface area contributed by atoms with Crippen LogP contribution >= 0.6 is 39.7 Å². The number of nitrogens with two attached hydrogens (primary N) is 1. The van der Waals surface area contributed by atoms with Gasteiger partial charge >= 0.3 is 0 Å². The molecule has 2 nitrogen and oxygen atoms in total. The molecule has 0 saturated carbocycles. The van der Waals surface area contributed by atoms with Crippen LogP contribution in [-0.2, 0) is 0 Å². The fourth-order valence-electron chi connectivity index (χ4n) is 1.77. The summed E-state index contributed by atoms with van der Waals surface area (Å²) in [5.74, 6) is 0. The number of hydrogen-bond donors (Lipinski definition) is 2. The highest BCUT2D eigenvalue weighted by Crippen LogP contribution is 2.32. The number of benzene rings is 2. The average Bonchev–Trinajstić information content (AvgIpc) is 2.34. The zero-order valence-electron chi connectivity index (χ0n) is 10.2. The van der Waals surface area contributed by atoms with Crippen molar-refractivity contribution >= 4 is 56.1 Å². The zero-order chi connectivity index (χ0) is 14.0. The Balaban J connectivity index is 2.32. The van der Waals surface area contributed by atoms with Crippen molar-refractivity contribution in [2.24, 2.45) is 5.73 Å². The monoisotopic (exact) mass is 354 g/mol. The van der Waals surface area contributed by atoms with Gasteiger partial charge in [0.1, 0.15) is 4.99 Å². The van der Waals surface area contributed by atoms with Gasteiger partial charge in [0.05, 0.1) is 15.2 Å². The molecule has 0 spiro atoms. The maximum Gasteiger partial charge on any atom is 0.104 e. The molecule has 19 heavy (non-hydrogen) atoms. The first-order valence-corrected chi connectivity index (χ1v) is 7.18. The van der Waals surface area contributed by atoms with Gasteiger partial charge < -0.3 is 11.1 Å². The van der Waals surface area contributed by atoms with Crippen LogP contribution in [0.25, 0.3) is 0 Å². The molecule has 0 heterocycles. The topological polar surface area (TPSA) is 38.0 Å². The maximum absolute atomic E-state index is 6.06. The Bertz CT molecular complexity index is 643. The Morgan fingerprint density at radius 1 is 1.32 bits per heavy atom. The Kier molecular flexibility index (Phi) is 4.45. The summed E-state index contributed by atoms with van der Waals surface area (Å²) < 4.78 is 0.841. The van der Waals surface area contributed by atoms with Gasteiger partial charge in [0.25, 0.3) is 0 Å². The van der Waals surface area contributed by atoms with E-state index in [1.165, 1.54) is 0 Å². The van der Waals surface area contributed by atoms with E-state index >= 15 is 0 Å². The maximum atomic E-state index is 6.06. The fourth-order valence-corrected chi connectivity index (χ4v) is 2.54. The summed E-state index contributed by atoms with van der Waals surface area (Å²) in [4.78, 5) is 0.410. The van der Waals surface area contributed by atoms with Crippen LogP contribution in [0.3, 0.4) is 0 Å². The second kappa shape index (κ2) is 5.90. The van der Waals surface area contributed by atoms with Crippen molar-refractivity contribution in [1.82, 2.24) is 0 Å². The number of rotatable bonds is 3. The molecule has 0 aliphatic rings. The molecule has 2 aromatic carbocycles. The lowest BCUT2D eigenvalue weighted by Gasteiger charge is -2.12. The number of hydrogen-bond acceptors (Lipinski definition) is 2. The summed E-state index contributed by atoms with van der Waals surface area (Å²) in [5.41, 5.74) is 9.45. The molecule has 0 fully saturated rings. The van der Waals surface area contributed by atoms with Crippen LogP contribution in [0.2, 0.25) is 5.02 Å². The quantitative estimate of drug-likeness (QED) is 0.778. The van der Waals surface area contributed by atoms with Gasteiger partial charge in [0.15, 0.2) is 0 Å². The minimum absolute atomic E-state index is 0.410. The molecule has 0 aromatic heterocycles. The molecule has 5 heteroatoms. The van der Waals surface area contributed by atoms with E-state index in [4.69, 9.17) is 29.6 Å². The van der Waals surface area contributed by atoms with E-state index in [-0.39, 0.29) is 0 Å². The molecular formula is C14H12BrClN2S. The third-order valence-electron chi connectivity index (χ3n) is 2.72. The third-order valence-corrected chi connectivity index (χ3v) is 4.34. The number of halogens is 2. The summed E-state index contributed by atoms with van der Waals surface area (Å²) in [6, 6.07) is 11.5. The van der Waals surface area contributed by atoms with Crippen LogP contribution in [0.1, 0.15) is 11.1 Å². The minimum Gasteiger partial charge on any atom is -0.389 e. The van der Waals surface area contributed by atoms with Crippen molar-refractivity contribution in [1.29, 1.82) is 0 Å². The van der Waals surface area contributed by atoms with Gasteiger partial charge in [-0.05, 0) is 58.7 Å². The lowest BCUT2D eigenvalue weighted by molar-refractivity contribution is 1.42. The standard InChI is InChI=1S/C14H12BrClN2S/c1-8-7-9(5-6-10(8)14(17)19)18-12-4-2-3-11(16)13(12)15/h2-7,18H,1H3,(H2,17,19). The van der Waals surface area contributed by atoms with E-state index in [1.807, 2.05) is 43.3 Å². The second-order valence-corrected chi connectivity index (χ2v) is 5.76. The number of anilines is 2. The van der Waals surface area contributed by atoms with E-state index in [0.29, 0.717) is 10.0 Å². The molecule has 2 rings (SSSR count). The molecule has 0 amide bonds. The highest BCUT2D eigenvalue weighted by molar-refractivity contribution is 9.10. The lowest BCUT2D eigenvalue weighted by atomic mass is 10.1. The summed E-state index contributed by atoms with van der Waals surface area (Å²) in [6.45, 7) is 1.98. The first kappa shape index (κ1) is 14.3. The predicted molar refractivity (Wildman–Crippen MR) is 89.5 cm³/mol. The number of thiocarbonyl (C=S) groups is 1. The van der Waals surface area contributed by atoms with Gasteiger partial charge in [-0.3, -0.25) is 0 Å². The minimum atomic E-state index is 0.410. The van der Waals surface area contributed by atoms with Crippen LogP contribution < -0.4 is 11.1 Å². The third kappa shape index (κ3) is 3.26. The van der Waals surface area contributed by atoms with Gasteiger partial charge in [-0.2, -0.15) is 0 Å². The van der Waals surface area contributed by atoms with Crippen molar-refractivity contribution in [2.45, 2.75) is 6.92 Å². The van der Waals surface area contributed by atoms with Crippen LogP contribution in [-0.4, -0.2) is 4.99 Å². The molecule has 98 valence electrons. The van der Waals surface area contributed by atoms with Gasteiger partial charge in [-0.15, -0.1) is 0 Å². The molecule has 2 aromatic rings. The lowest BCUT2D eigenvalue weighted by Crippen LogP contribution is -2.11. The molecule has 0 aliphatic heterocycles. The van der Waals surface area contributed by atoms with Gasteiger partial charge in [0, 0.05) is 11.3 Å². The van der Waals surface area contributed by atoms with Crippen LogP contribution in [0.4, 0.5) is 11.4 Å². The van der Waals surface area contributed by atoms with Crippen molar-refractivity contribution in [2.75, 3.05) is 5.32 Å². The first-order chi connectivity index (χ1) is 8.99. The Labute approximate surface area is 131 Å².